The van der Waals surface area contributed by atoms with Gasteiger partial charge in [0.05, 0.1) is 18.8 Å². The summed E-state index contributed by atoms with van der Waals surface area (Å²) in [6.45, 7) is 1.08. The summed E-state index contributed by atoms with van der Waals surface area (Å²) in [6.07, 6.45) is 2.37. The Morgan fingerprint density at radius 1 is 1.33 bits per heavy atom. The van der Waals surface area contributed by atoms with Crippen LogP contribution < -0.4 is 15.4 Å². The van der Waals surface area contributed by atoms with E-state index in [9.17, 15) is 4.79 Å². The molecule has 0 radical (unpaired) electrons. The molecule has 1 amide bonds. The van der Waals surface area contributed by atoms with E-state index in [-0.39, 0.29) is 18.0 Å². The van der Waals surface area contributed by atoms with Crippen LogP contribution in [0.5, 0.6) is 5.75 Å². The molecule has 138 valence electrons. The van der Waals surface area contributed by atoms with Crippen LogP contribution in [0, 0.1) is 0 Å². The predicted molar refractivity (Wildman–Crippen MR) is 97.7 cm³/mol. The number of hydrogen-bond acceptors (Lipinski definition) is 8. The Morgan fingerprint density at radius 3 is 3.04 bits per heavy atom. The Morgan fingerprint density at radius 2 is 2.26 bits per heavy atom. The fourth-order valence-corrected chi connectivity index (χ4v) is 2.82. The van der Waals surface area contributed by atoms with E-state index in [1.165, 1.54) is 6.33 Å². The largest absolute Gasteiger partial charge is 0.487 e. The van der Waals surface area contributed by atoms with Crippen LogP contribution in [-0.2, 0) is 11.3 Å². The average Bonchev–Trinajstić information content (AvgIpc) is 3.10. The molecule has 1 aliphatic heterocycles. The van der Waals surface area contributed by atoms with Gasteiger partial charge in [-0.25, -0.2) is 24.7 Å². The minimum Gasteiger partial charge on any atom is -0.487 e. The van der Waals surface area contributed by atoms with Crippen molar-refractivity contribution in [2.24, 2.45) is 0 Å². The van der Waals surface area contributed by atoms with Gasteiger partial charge in [0.15, 0.2) is 6.10 Å². The van der Waals surface area contributed by atoms with E-state index in [1.807, 2.05) is 18.2 Å². The molecule has 0 aliphatic carbocycles. The standard InChI is InChI=1S/C17H15ClN6O3/c18-16-23-14-12(15(24-16)20-6-10-4-5-19-9-22-10)2-1-3-13(14)26-8-11-7-21-17(25)27-11/h1-5,9,11H,6-8H2,(H,21,25)(H,20,23,24). The molecule has 3 aromatic rings. The normalized spacial score (nSPS) is 16.0. The lowest BCUT2D eigenvalue weighted by Gasteiger charge is -2.14. The Balaban J connectivity index is 1.56. The summed E-state index contributed by atoms with van der Waals surface area (Å²) >= 11 is 6.10. The first-order valence-electron chi connectivity index (χ1n) is 8.21. The highest BCUT2D eigenvalue weighted by molar-refractivity contribution is 6.29. The minimum atomic E-state index is -0.442. The van der Waals surface area contributed by atoms with E-state index in [2.05, 4.69) is 30.6 Å². The highest BCUT2D eigenvalue weighted by atomic mass is 35.5. The lowest BCUT2D eigenvalue weighted by Crippen LogP contribution is -2.22. The average molecular weight is 387 g/mol. The van der Waals surface area contributed by atoms with Crippen LogP contribution in [0.1, 0.15) is 5.69 Å². The van der Waals surface area contributed by atoms with Gasteiger partial charge in [-0.1, -0.05) is 6.07 Å². The Bertz CT molecular complexity index is 972. The van der Waals surface area contributed by atoms with Crippen LogP contribution in [-0.4, -0.2) is 45.3 Å². The molecule has 0 saturated carbocycles. The molecule has 1 fully saturated rings. The smallest absolute Gasteiger partial charge is 0.407 e. The Kier molecular flexibility index (Phi) is 4.84. The SMILES string of the molecule is O=C1NCC(COc2cccc3c(NCc4ccncn4)nc(Cl)nc23)O1. The highest BCUT2D eigenvalue weighted by Crippen LogP contribution is 2.30. The van der Waals surface area contributed by atoms with E-state index in [4.69, 9.17) is 21.1 Å². The number of benzene rings is 1. The van der Waals surface area contributed by atoms with Gasteiger partial charge in [0, 0.05) is 11.6 Å². The van der Waals surface area contributed by atoms with E-state index in [1.54, 1.807) is 12.3 Å². The summed E-state index contributed by atoms with van der Waals surface area (Å²) in [7, 11) is 0. The molecular weight excluding hydrogens is 372 g/mol. The topological polar surface area (TPSA) is 111 Å². The van der Waals surface area contributed by atoms with Crippen molar-refractivity contribution in [2.75, 3.05) is 18.5 Å². The second kappa shape index (κ2) is 7.58. The van der Waals surface area contributed by atoms with Gasteiger partial charge >= 0.3 is 6.09 Å². The number of fused-ring (bicyclic) bond motifs is 1. The molecule has 2 N–H and O–H groups in total. The third kappa shape index (κ3) is 3.98. The third-order valence-corrected chi connectivity index (χ3v) is 4.08. The van der Waals surface area contributed by atoms with Crippen LogP contribution in [0.25, 0.3) is 10.9 Å². The first-order valence-corrected chi connectivity index (χ1v) is 8.59. The highest BCUT2D eigenvalue weighted by Gasteiger charge is 2.23. The predicted octanol–water partition coefficient (Wildman–Crippen LogP) is 2.17. The molecule has 0 bridgehead atoms. The molecule has 1 atom stereocenters. The monoisotopic (exact) mass is 386 g/mol. The second-order valence-electron chi connectivity index (χ2n) is 5.77. The molecule has 10 heteroatoms. The van der Waals surface area contributed by atoms with E-state index in [0.29, 0.717) is 30.2 Å². The number of aromatic nitrogens is 4. The van der Waals surface area contributed by atoms with Crippen molar-refractivity contribution in [2.45, 2.75) is 12.6 Å². The van der Waals surface area contributed by atoms with Crippen molar-refractivity contribution >= 4 is 34.4 Å². The van der Waals surface area contributed by atoms with Crippen LogP contribution in [0.2, 0.25) is 5.28 Å². The van der Waals surface area contributed by atoms with E-state index < -0.39 is 6.09 Å². The summed E-state index contributed by atoms with van der Waals surface area (Å²) in [5, 5.41) is 6.65. The number of halogens is 1. The summed E-state index contributed by atoms with van der Waals surface area (Å²) in [4.78, 5) is 27.7. The van der Waals surface area contributed by atoms with E-state index >= 15 is 0 Å². The van der Waals surface area contributed by atoms with E-state index in [0.717, 1.165) is 11.1 Å². The number of ether oxygens (including phenoxy) is 2. The number of hydrogen-bond donors (Lipinski definition) is 2. The van der Waals surface area contributed by atoms with Crippen molar-refractivity contribution < 1.29 is 14.3 Å². The summed E-state index contributed by atoms with van der Waals surface area (Å²) in [6, 6.07) is 7.30. The molecule has 2 aromatic heterocycles. The maximum atomic E-state index is 11.1. The van der Waals surface area contributed by atoms with Crippen LogP contribution >= 0.6 is 11.6 Å². The zero-order chi connectivity index (χ0) is 18.6. The molecule has 1 saturated heterocycles. The lowest BCUT2D eigenvalue weighted by atomic mass is 10.2. The quantitative estimate of drug-likeness (QED) is 0.620. The number of anilines is 1. The van der Waals surface area contributed by atoms with Crippen molar-refractivity contribution in [3.8, 4) is 5.75 Å². The number of cyclic esters (lactones) is 1. The fourth-order valence-electron chi connectivity index (χ4n) is 2.65. The number of nitrogens with one attached hydrogen (secondary N) is 2. The maximum absolute atomic E-state index is 11.1. The first kappa shape index (κ1) is 17.2. The van der Waals surface area contributed by atoms with Gasteiger partial charge < -0.3 is 20.1 Å². The van der Waals surface area contributed by atoms with Crippen LogP contribution in [0.15, 0.2) is 36.8 Å². The summed E-state index contributed by atoms with van der Waals surface area (Å²) in [5.74, 6) is 1.10. The number of carbonyl (C=O) groups excluding carboxylic acids is 1. The molecule has 1 aliphatic rings. The second-order valence-corrected chi connectivity index (χ2v) is 6.11. The molecule has 0 spiro atoms. The van der Waals surface area contributed by atoms with Crippen molar-refractivity contribution in [3.05, 3.63) is 47.8 Å². The minimum absolute atomic E-state index is 0.0951. The maximum Gasteiger partial charge on any atom is 0.407 e. The fraction of sp³-hybridized carbons (Fsp3) is 0.235. The van der Waals surface area contributed by atoms with Gasteiger partial charge in [-0.15, -0.1) is 0 Å². The molecule has 4 rings (SSSR count). The van der Waals surface area contributed by atoms with Gasteiger partial charge in [-0.05, 0) is 29.8 Å². The summed E-state index contributed by atoms with van der Waals surface area (Å²) in [5.41, 5.74) is 1.39. The van der Waals surface area contributed by atoms with Crippen molar-refractivity contribution in [1.82, 2.24) is 25.3 Å². The number of alkyl carbamates (subject to hydrolysis) is 1. The van der Waals surface area contributed by atoms with Crippen LogP contribution in [0.3, 0.4) is 0 Å². The van der Waals surface area contributed by atoms with Crippen LogP contribution in [0.4, 0.5) is 10.6 Å². The Hall–Kier alpha value is -3.20. The van der Waals surface area contributed by atoms with Gasteiger partial charge in [0.2, 0.25) is 5.28 Å². The first-order chi connectivity index (χ1) is 13.2. The number of para-hydroxylation sites is 1. The van der Waals surface area contributed by atoms with Crippen molar-refractivity contribution in [3.63, 3.8) is 0 Å². The lowest BCUT2D eigenvalue weighted by molar-refractivity contribution is 0.105. The van der Waals surface area contributed by atoms with Crippen molar-refractivity contribution in [1.29, 1.82) is 0 Å². The molecule has 27 heavy (non-hydrogen) atoms. The van der Waals surface area contributed by atoms with Gasteiger partial charge in [-0.3, -0.25) is 0 Å². The molecule has 1 aromatic carbocycles. The molecule has 9 nitrogen and oxygen atoms in total. The molecular formula is C17H15ClN6O3. The molecule has 3 heterocycles. The third-order valence-electron chi connectivity index (χ3n) is 3.91. The zero-order valence-electron chi connectivity index (χ0n) is 14.1. The number of rotatable bonds is 6. The summed E-state index contributed by atoms with van der Waals surface area (Å²) < 4.78 is 10.9. The number of carbonyl (C=O) groups is 1. The Labute approximate surface area is 159 Å². The van der Waals surface area contributed by atoms with Gasteiger partial charge in [0.1, 0.15) is 30.0 Å². The molecule has 1 unspecified atom stereocenters. The van der Waals surface area contributed by atoms with Gasteiger partial charge in [-0.2, -0.15) is 0 Å². The zero-order valence-corrected chi connectivity index (χ0v) is 14.8. The number of amides is 1. The van der Waals surface area contributed by atoms with Gasteiger partial charge in [0.25, 0.3) is 0 Å². The number of nitrogens with zero attached hydrogens (tertiary/aromatic N) is 4.